The third-order valence-electron chi connectivity index (χ3n) is 3.81. The fourth-order valence-electron chi connectivity index (χ4n) is 2.47. The van der Waals surface area contributed by atoms with Crippen molar-refractivity contribution in [3.8, 4) is 11.5 Å². The van der Waals surface area contributed by atoms with Crippen molar-refractivity contribution in [2.24, 2.45) is 0 Å². The van der Waals surface area contributed by atoms with Crippen LogP contribution in [0.1, 0.15) is 19.4 Å². The molecule has 0 aromatic heterocycles. The lowest BCUT2D eigenvalue weighted by atomic mass is 10.2. The summed E-state index contributed by atoms with van der Waals surface area (Å²) in [5.41, 5.74) is 0.629. The second-order valence-corrected chi connectivity index (χ2v) is 6.24. The first kappa shape index (κ1) is 21.6. The van der Waals surface area contributed by atoms with Crippen LogP contribution in [0.3, 0.4) is 0 Å². The number of esters is 1. The molecule has 9 heteroatoms. The highest BCUT2D eigenvalue weighted by atomic mass is 35.5. The number of nitrogens with one attached hydrogen (secondary N) is 1. The molecular formula is C19H23ClN2O6. The molecule has 2 rings (SSSR count). The minimum atomic E-state index is -0.687. The zero-order valence-electron chi connectivity index (χ0n) is 15.8. The summed E-state index contributed by atoms with van der Waals surface area (Å²) in [6.07, 6.45) is 2.69. The molecule has 1 aliphatic rings. The molecule has 0 bridgehead atoms. The van der Waals surface area contributed by atoms with Gasteiger partial charge in [0.05, 0.1) is 11.6 Å². The molecular weight excluding hydrogens is 388 g/mol. The van der Waals surface area contributed by atoms with E-state index in [1.807, 2.05) is 0 Å². The number of likely N-dealkylation sites (N-methyl/N-ethyl adjacent to an activating group) is 2. The van der Waals surface area contributed by atoms with Gasteiger partial charge >= 0.3 is 5.97 Å². The van der Waals surface area contributed by atoms with Crippen LogP contribution >= 0.6 is 11.6 Å². The molecule has 0 unspecified atom stereocenters. The normalized spacial score (nSPS) is 12.5. The van der Waals surface area contributed by atoms with Gasteiger partial charge in [0.1, 0.15) is 13.2 Å². The van der Waals surface area contributed by atoms with E-state index in [0.717, 1.165) is 0 Å². The van der Waals surface area contributed by atoms with E-state index in [-0.39, 0.29) is 12.5 Å². The van der Waals surface area contributed by atoms with Crippen LogP contribution in [0, 0.1) is 0 Å². The zero-order valence-corrected chi connectivity index (χ0v) is 16.6. The number of rotatable bonds is 8. The minimum absolute atomic E-state index is 0.0771. The molecule has 152 valence electrons. The molecule has 8 nitrogen and oxygen atoms in total. The summed E-state index contributed by atoms with van der Waals surface area (Å²) in [6, 6.07) is 3.33. The van der Waals surface area contributed by atoms with Crippen LogP contribution in [0.25, 0.3) is 6.08 Å². The Morgan fingerprint density at radius 3 is 2.71 bits per heavy atom. The van der Waals surface area contributed by atoms with Crippen LogP contribution in [0.2, 0.25) is 5.02 Å². The molecule has 1 N–H and O–H groups in total. The first-order valence-electron chi connectivity index (χ1n) is 8.93. The van der Waals surface area contributed by atoms with Gasteiger partial charge in [-0.25, -0.2) is 4.79 Å². The Morgan fingerprint density at radius 1 is 1.25 bits per heavy atom. The van der Waals surface area contributed by atoms with Crippen LogP contribution in [-0.2, 0) is 19.1 Å². The first-order chi connectivity index (χ1) is 13.4. The molecule has 1 aliphatic heterocycles. The topological polar surface area (TPSA) is 94.2 Å². The number of carbonyl (C=O) groups is 3. The highest BCUT2D eigenvalue weighted by Crippen LogP contribution is 2.38. The van der Waals surface area contributed by atoms with Crippen molar-refractivity contribution in [1.82, 2.24) is 10.2 Å². The summed E-state index contributed by atoms with van der Waals surface area (Å²) in [4.78, 5) is 36.9. The SMILES string of the molecule is CCNC(=O)CN(CC)C(=O)COC(=O)/C=C/c1cc(Cl)c2c(c1)OCCO2. The quantitative estimate of drug-likeness (QED) is 0.517. The van der Waals surface area contributed by atoms with Gasteiger partial charge in [0, 0.05) is 19.2 Å². The van der Waals surface area contributed by atoms with Crippen molar-refractivity contribution in [1.29, 1.82) is 0 Å². The largest absolute Gasteiger partial charge is 0.486 e. The predicted molar refractivity (Wildman–Crippen MR) is 103 cm³/mol. The lowest BCUT2D eigenvalue weighted by Crippen LogP contribution is -2.42. The van der Waals surface area contributed by atoms with E-state index < -0.39 is 18.5 Å². The fraction of sp³-hybridized carbons (Fsp3) is 0.421. The highest BCUT2D eigenvalue weighted by Gasteiger charge is 2.17. The van der Waals surface area contributed by atoms with E-state index in [1.54, 1.807) is 26.0 Å². The number of halogens is 1. The number of hydrogen-bond acceptors (Lipinski definition) is 6. The summed E-state index contributed by atoms with van der Waals surface area (Å²) >= 11 is 6.14. The standard InChI is InChI=1S/C19H23ClN2O6/c1-3-21-16(23)11-22(4-2)17(24)12-28-18(25)6-5-13-9-14(20)19-15(10-13)26-7-8-27-19/h5-6,9-10H,3-4,7-8,11-12H2,1-2H3,(H,21,23)/b6-5+. The first-order valence-corrected chi connectivity index (χ1v) is 9.30. The second-order valence-electron chi connectivity index (χ2n) is 5.83. The lowest BCUT2D eigenvalue weighted by molar-refractivity contribution is -0.148. The summed E-state index contributed by atoms with van der Waals surface area (Å²) in [7, 11) is 0. The summed E-state index contributed by atoms with van der Waals surface area (Å²) in [5.74, 6) is -0.415. The summed E-state index contributed by atoms with van der Waals surface area (Å²) < 4.78 is 15.9. The van der Waals surface area contributed by atoms with Crippen molar-refractivity contribution >= 4 is 35.5 Å². The number of nitrogens with zero attached hydrogens (tertiary/aromatic N) is 1. The number of hydrogen-bond donors (Lipinski definition) is 1. The highest BCUT2D eigenvalue weighted by molar-refractivity contribution is 6.32. The van der Waals surface area contributed by atoms with Gasteiger partial charge in [0.2, 0.25) is 5.91 Å². The Morgan fingerprint density at radius 2 is 2.00 bits per heavy atom. The van der Waals surface area contributed by atoms with Gasteiger partial charge in [-0.2, -0.15) is 0 Å². The van der Waals surface area contributed by atoms with Crippen molar-refractivity contribution in [2.45, 2.75) is 13.8 Å². The third kappa shape index (κ3) is 6.16. The van der Waals surface area contributed by atoms with Crippen LogP contribution in [0.4, 0.5) is 0 Å². The van der Waals surface area contributed by atoms with Gasteiger partial charge in [-0.05, 0) is 37.6 Å². The second kappa shape index (κ2) is 10.6. The molecule has 0 radical (unpaired) electrons. The maximum atomic E-state index is 12.1. The van der Waals surface area contributed by atoms with E-state index in [9.17, 15) is 14.4 Å². The number of fused-ring (bicyclic) bond motifs is 1. The number of carbonyl (C=O) groups excluding carboxylic acids is 3. The molecule has 0 saturated heterocycles. The lowest BCUT2D eigenvalue weighted by Gasteiger charge is -2.20. The number of benzene rings is 1. The van der Waals surface area contributed by atoms with Gasteiger partial charge in [0.15, 0.2) is 18.1 Å². The molecule has 0 saturated carbocycles. The Balaban J connectivity index is 1.88. The molecule has 1 heterocycles. The van der Waals surface area contributed by atoms with Crippen LogP contribution in [-0.4, -0.2) is 62.1 Å². The van der Waals surface area contributed by atoms with E-state index >= 15 is 0 Å². The van der Waals surface area contributed by atoms with Gasteiger partial charge in [-0.1, -0.05) is 11.6 Å². The van der Waals surface area contributed by atoms with Crippen molar-refractivity contribution in [3.05, 3.63) is 28.8 Å². The molecule has 1 aromatic carbocycles. The maximum absolute atomic E-state index is 12.1. The van der Waals surface area contributed by atoms with Crippen molar-refractivity contribution in [2.75, 3.05) is 39.5 Å². The Hall–Kier alpha value is -2.74. The molecule has 1 aromatic rings. The Bertz CT molecular complexity index is 765. The molecule has 0 atom stereocenters. The predicted octanol–water partition coefficient (Wildman–Crippen LogP) is 1.65. The zero-order chi connectivity index (χ0) is 20.5. The fourth-order valence-corrected chi connectivity index (χ4v) is 2.74. The molecule has 28 heavy (non-hydrogen) atoms. The average Bonchev–Trinajstić information content (AvgIpc) is 2.69. The number of amides is 2. The summed E-state index contributed by atoms with van der Waals surface area (Å²) in [6.45, 7) is 4.67. The van der Waals surface area contributed by atoms with Crippen LogP contribution in [0.15, 0.2) is 18.2 Å². The molecule has 0 spiro atoms. The van der Waals surface area contributed by atoms with Crippen LogP contribution in [0.5, 0.6) is 11.5 Å². The average molecular weight is 411 g/mol. The molecule has 2 amide bonds. The Labute approximate surface area is 168 Å². The smallest absolute Gasteiger partial charge is 0.331 e. The number of ether oxygens (including phenoxy) is 3. The van der Waals surface area contributed by atoms with Gasteiger partial charge < -0.3 is 24.4 Å². The molecule has 0 fully saturated rings. The Kier molecular flexibility index (Phi) is 8.13. The van der Waals surface area contributed by atoms with Gasteiger partial charge in [-0.3, -0.25) is 9.59 Å². The van der Waals surface area contributed by atoms with E-state index in [4.69, 9.17) is 25.8 Å². The van der Waals surface area contributed by atoms with E-state index in [0.29, 0.717) is 48.4 Å². The van der Waals surface area contributed by atoms with E-state index in [2.05, 4.69) is 5.32 Å². The van der Waals surface area contributed by atoms with E-state index in [1.165, 1.54) is 17.1 Å². The van der Waals surface area contributed by atoms with Crippen molar-refractivity contribution in [3.63, 3.8) is 0 Å². The minimum Gasteiger partial charge on any atom is -0.486 e. The molecule has 0 aliphatic carbocycles. The monoisotopic (exact) mass is 410 g/mol. The van der Waals surface area contributed by atoms with Crippen molar-refractivity contribution < 1.29 is 28.6 Å². The van der Waals surface area contributed by atoms with Crippen LogP contribution < -0.4 is 14.8 Å². The third-order valence-corrected chi connectivity index (χ3v) is 4.09. The summed E-state index contributed by atoms with van der Waals surface area (Å²) in [5, 5.41) is 2.99. The van der Waals surface area contributed by atoms with Gasteiger partial charge in [0.25, 0.3) is 5.91 Å². The van der Waals surface area contributed by atoms with Gasteiger partial charge in [-0.15, -0.1) is 0 Å². The maximum Gasteiger partial charge on any atom is 0.331 e.